The molecule has 0 saturated carbocycles. The minimum atomic E-state index is -0.471. The third-order valence-electron chi connectivity index (χ3n) is 3.14. The van der Waals surface area contributed by atoms with Gasteiger partial charge in [0.2, 0.25) is 11.8 Å². The Kier molecular flexibility index (Phi) is 4.68. The maximum atomic E-state index is 13.3. The van der Waals surface area contributed by atoms with E-state index in [-0.39, 0.29) is 23.4 Å². The van der Waals surface area contributed by atoms with E-state index in [2.05, 4.69) is 10.6 Å². The van der Waals surface area contributed by atoms with E-state index in [9.17, 15) is 14.0 Å². The molecule has 5 nitrogen and oxygen atoms in total. The van der Waals surface area contributed by atoms with Crippen molar-refractivity contribution in [3.8, 4) is 0 Å². The van der Waals surface area contributed by atoms with Crippen molar-refractivity contribution in [1.82, 2.24) is 0 Å². The average molecular weight is 280 g/mol. The van der Waals surface area contributed by atoms with Crippen LogP contribution in [0.2, 0.25) is 0 Å². The first-order valence-corrected chi connectivity index (χ1v) is 6.52. The number of benzene rings is 1. The van der Waals surface area contributed by atoms with Gasteiger partial charge in [-0.15, -0.1) is 0 Å². The Morgan fingerprint density at radius 2 is 1.90 bits per heavy atom. The number of hydrogen-bond donors (Lipinski definition) is 2. The zero-order valence-corrected chi connectivity index (χ0v) is 11.2. The summed E-state index contributed by atoms with van der Waals surface area (Å²) in [6.45, 7) is 2.47. The summed E-state index contributed by atoms with van der Waals surface area (Å²) in [7, 11) is 0. The monoisotopic (exact) mass is 280 g/mol. The standard InChI is InChI=1S/C14H17FN2O3/c1-9(18)16-12-3-2-11(15)8-13(12)17-14(19)10-4-6-20-7-5-10/h2-3,8,10H,4-7H2,1H3,(H,16,18)(H,17,19). The molecule has 0 aromatic heterocycles. The number of ether oxygens (including phenoxy) is 1. The largest absolute Gasteiger partial charge is 0.381 e. The molecule has 6 heteroatoms. The number of nitrogens with one attached hydrogen (secondary N) is 2. The Balaban J connectivity index is 2.12. The number of hydrogen-bond acceptors (Lipinski definition) is 3. The van der Waals surface area contributed by atoms with E-state index in [1.807, 2.05) is 0 Å². The van der Waals surface area contributed by atoms with Crippen molar-refractivity contribution in [3.05, 3.63) is 24.0 Å². The van der Waals surface area contributed by atoms with Crippen molar-refractivity contribution in [2.75, 3.05) is 23.8 Å². The molecule has 0 bridgehead atoms. The van der Waals surface area contributed by atoms with Crippen LogP contribution in [0.1, 0.15) is 19.8 Å². The molecule has 0 radical (unpaired) electrons. The molecule has 1 saturated heterocycles. The average Bonchev–Trinajstić information content (AvgIpc) is 2.42. The Bertz CT molecular complexity index is 513. The van der Waals surface area contributed by atoms with Crippen LogP contribution in [0.3, 0.4) is 0 Å². The quantitative estimate of drug-likeness (QED) is 0.891. The highest BCUT2D eigenvalue weighted by molar-refractivity contribution is 5.99. The molecule has 0 aliphatic carbocycles. The van der Waals surface area contributed by atoms with Gasteiger partial charge in [0.25, 0.3) is 0 Å². The second kappa shape index (κ2) is 6.47. The van der Waals surface area contributed by atoms with E-state index in [1.54, 1.807) is 0 Å². The van der Waals surface area contributed by atoms with Crippen molar-refractivity contribution in [3.63, 3.8) is 0 Å². The number of rotatable bonds is 3. The fourth-order valence-electron chi connectivity index (χ4n) is 2.11. The van der Waals surface area contributed by atoms with Crippen molar-refractivity contribution >= 4 is 23.2 Å². The third-order valence-corrected chi connectivity index (χ3v) is 3.14. The van der Waals surface area contributed by atoms with Gasteiger partial charge in [0.05, 0.1) is 11.4 Å². The van der Waals surface area contributed by atoms with Crippen LogP contribution in [-0.2, 0) is 14.3 Å². The lowest BCUT2D eigenvalue weighted by Crippen LogP contribution is -2.29. The first-order valence-electron chi connectivity index (χ1n) is 6.52. The van der Waals surface area contributed by atoms with E-state index < -0.39 is 5.82 Å². The van der Waals surface area contributed by atoms with Crippen LogP contribution in [0.25, 0.3) is 0 Å². The van der Waals surface area contributed by atoms with Crippen LogP contribution in [0.5, 0.6) is 0 Å². The van der Waals surface area contributed by atoms with Gasteiger partial charge in [0.15, 0.2) is 0 Å². The van der Waals surface area contributed by atoms with Gasteiger partial charge in [0, 0.05) is 26.1 Å². The summed E-state index contributed by atoms with van der Waals surface area (Å²) >= 11 is 0. The number of halogens is 1. The molecule has 1 heterocycles. The minimum absolute atomic E-state index is 0.141. The molecule has 0 spiro atoms. The fraction of sp³-hybridized carbons (Fsp3) is 0.429. The molecule has 2 N–H and O–H groups in total. The van der Waals surface area contributed by atoms with Crippen LogP contribution in [0, 0.1) is 11.7 Å². The molecule has 0 unspecified atom stereocenters. The summed E-state index contributed by atoms with van der Waals surface area (Å²) in [6, 6.07) is 3.86. The van der Waals surface area contributed by atoms with Crippen LogP contribution < -0.4 is 10.6 Å². The van der Waals surface area contributed by atoms with Crippen LogP contribution in [-0.4, -0.2) is 25.0 Å². The zero-order valence-electron chi connectivity index (χ0n) is 11.2. The number of carbonyl (C=O) groups is 2. The molecular formula is C14H17FN2O3. The molecule has 2 rings (SSSR count). The van der Waals surface area contributed by atoms with Crippen molar-refractivity contribution in [1.29, 1.82) is 0 Å². The van der Waals surface area contributed by atoms with Crippen LogP contribution in [0.15, 0.2) is 18.2 Å². The molecule has 1 fully saturated rings. The first kappa shape index (κ1) is 14.5. The molecule has 2 amide bonds. The van der Waals surface area contributed by atoms with E-state index in [4.69, 9.17) is 4.74 Å². The molecular weight excluding hydrogens is 263 g/mol. The first-order chi connectivity index (χ1) is 9.56. The number of amides is 2. The number of carbonyl (C=O) groups excluding carboxylic acids is 2. The van der Waals surface area contributed by atoms with Gasteiger partial charge >= 0.3 is 0 Å². The molecule has 1 aromatic rings. The van der Waals surface area contributed by atoms with Gasteiger partial charge < -0.3 is 15.4 Å². The molecule has 1 aliphatic heterocycles. The van der Waals surface area contributed by atoms with Crippen molar-refractivity contribution in [2.24, 2.45) is 5.92 Å². The maximum absolute atomic E-state index is 13.3. The third kappa shape index (κ3) is 3.77. The number of anilines is 2. The van der Waals surface area contributed by atoms with Gasteiger partial charge in [-0.25, -0.2) is 4.39 Å². The second-order valence-electron chi connectivity index (χ2n) is 4.75. The van der Waals surface area contributed by atoms with E-state index >= 15 is 0 Å². The lowest BCUT2D eigenvalue weighted by atomic mass is 9.99. The summed E-state index contributed by atoms with van der Waals surface area (Å²) in [5.74, 6) is -1.07. The van der Waals surface area contributed by atoms with Gasteiger partial charge in [-0.2, -0.15) is 0 Å². The summed E-state index contributed by atoms with van der Waals surface area (Å²) in [5, 5.41) is 5.24. The van der Waals surface area contributed by atoms with Crippen molar-refractivity contribution < 1.29 is 18.7 Å². The maximum Gasteiger partial charge on any atom is 0.227 e. The van der Waals surface area contributed by atoms with Crippen LogP contribution in [0.4, 0.5) is 15.8 Å². The van der Waals surface area contributed by atoms with Crippen molar-refractivity contribution in [2.45, 2.75) is 19.8 Å². The highest BCUT2D eigenvalue weighted by Gasteiger charge is 2.22. The molecule has 108 valence electrons. The summed E-state index contributed by atoms with van der Waals surface area (Å²) < 4.78 is 18.5. The topological polar surface area (TPSA) is 67.4 Å². The van der Waals surface area contributed by atoms with Gasteiger partial charge in [-0.05, 0) is 31.0 Å². The highest BCUT2D eigenvalue weighted by atomic mass is 19.1. The highest BCUT2D eigenvalue weighted by Crippen LogP contribution is 2.25. The molecule has 0 atom stereocenters. The predicted octanol–water partition coefficient (Wildman–Crippen LogP) is 2.15. The lowest BCUT2D eigenvalue weighted by molar-refractivity contribution is -0.122. The normalized spacial score (nSPS) is 15.7. The Morgan fingerprint density at radius 1 is 1.20 bits per heavy atom. The minimum Gasteiger partial charge on any atom is -0.381 e. The smallest absolute Gasteiger partial charge is 0.227 e. The van der Waals surface area contributed by atoms with E-state index in [1.165, 1.54) is 25.1 Å². The Labute approximate surface area is 116 Å². The second-order valence-corrected chi connectivity index (χ2v) is 4.75. The van der Waals surface area contributed by atoms with E-state index in [0.29, 0.717) is 31.7 Å². The Morgan fingerprint density at radius 3 is 2.55 bits per heavy atom. The molecule has 1 aromatic carbocycles. The van der Waals surface area contributed by atoms with Gasteiger partial charge in [-0.1, -0.05) is 0 Å². The lowest BCUT2D eigenvalue weighted by Gasteiger charge is -2.22. The van der Waals surface area contributed by atoms with Gasteiger partial charge in [0.1, 0.15) is 5.82 Å². The van der Waals surface area contributed by atoms with Crippen LogP contribution >= 0.6 is 0 Å². The molecule has 1 aliphatic rings. The fourth-order valence-corrected chi connectivity index (χ4v) is 2.11. The molecule has 20 heavy (non-hydrogen) atoms. The Hall–Kier alpha value is -1.95. The zero-order chi connectivity index (χ0) is 14.5. The van der Waals surface area contributed by atoms with E-state index in [0.717, 1.165) is 0 Å². The predicted molar refractivity (Wildman–Crippen MR) is 72.9 cm³/mol. The van der Waals surface area contributed by atoms with Gasteiger partial charge in [-0.3, -0.25) is 9.59 Å². The summed E-state index contributed by atoms with van der Waals surface area (Å²) in [5.41, 5.74) is 0.663. The summed E-state index contributed by atoms with van der Waals surface area (Å²) in [6.07, 6.45) is 1.30. The summed E-state index contributed by atoms with van der Waals surface area (Å²) in [4.78, 5) is 23.2. The SMILES string of the molecule is CC(=O)Nc1ccc(F)cc1NC(=O)C1CCOCC1.